The molecule has 0 radical (unpaired) electrons. The van der Waals surface area contributed by atoms with E-state index in [0.29, 0.717) is 11.1 Å². The number of rotatable bonds is 4. The number of fused-ring (bicyclic) bond motifs is 1. The van der Waals surface area contributed by atoms with Gasteiger partial charge in [-0.2, -0.15) is 0 Å². The van der Waals surface area contributed by atoms with Crippen LogP contribution in [0.25, 0.3) is 0 Å². The van der Waals surface area contributed by atoms with Gasteiger partial charge in [0, 0.05) is 18.2 Å². The molecule has 0 bridgehead atoms. The highest BCUT2D eigenvalue weighted by Gasteiger charge is 2.21. The number of benzene rings is 1. The van der Waals surface area contributed by atoms with Gasteiger partial charge in [-0.1, -0.05) is 30.9 Å². The van der Waals surface area contributed by atoms with E-state index in [1.165, 1.54) is 25.7 Å². The second kappa shape index (κ2) is 4.88. The van der Waals surface area contributed by atoms with Crippen LogP contribution in [0.5, 0.6) is 11.5 Å². The molecule has 3 rings (SSSR count). The number of ether oxygens (including phenoxy) is 2. The molecular weight excluding hydrogens is 250 g/mol. The fourth-order valence-electron chi connectivity index (χ4n) is 2.58. The van der Waals surface area contributed by atoms with E-state index in [-0.39, 0.29) is 6.79 Å². The van der Waals surface area contributed by atoms with Crippen molar-refractivity contribution in [2.45, 2.75) is 38.6 Å². The van der Waals surface area contributed by atoms with Crippen molar-refractivity contribution in [1.29, 1.82) is 0 Å². The molecule has 1 fully saturated rings. The fourth-order valence-corrected chi connectivity index (χ4v) is 2.79. The number of hydrogen-bond acceptors (Lipinski definition) is 3. The van der Waals surface area contributed by atoms with Crippen LogP contribution in [-0.4, -0.2) is 12.8 Å². The van der Waals surface area contributed by atoms with Crippen LogP contribution in [0.3, 0.4) is 0 Å². The third-order valence-corrected chi connectivity index (χ3v) is 4.09. The summed E-state index contributed by atoms with van der Waals surface area (Å²) < 4.78 is 10.7. The Morgan fingerprint density at radius 1 is 1.33 bits per heavy atom. The zero-order chi connectivity index (χ0) is 12.5. The van der Waals surface area contributed by atoms with E-state index >= 15 is 0 Å². The summed E-state index contributed by atoms with van der Waals surface area (Å²) in [4.78, 5) is 0. The predicted molar refractivity (Wildman–Crippen MR) is 72.6 cm³/mol. The largest absolute Gasteiger partial charge is 0.454 e. The minimum atomic E-state index is 0.284. The van der Waals surface area contributed by atoms with E-state index in [4.69, 9.17) is 21.1 Å². The van der Waals surface area contributed by atoms with Crippen LogP contribution in [-0.2, 0) is 0 Å². The van der Waals surface area contributed by atoms with Crippen molar-refractivity contribution >= 4 is 17.3 Å². The molecule has 1 saturated carbocycles. The Morgan fingerprint density at radius 3 is 2.72 bits per heavy atom. The van der Waals surface area contributed by atoms with Crippen molar-refractivity contribution in [3.05, 3.63) is 17.2 Å². The lowest BCUT2D eigenvalue weighted by atomic mass is 9.81. The monoisotopic (exact) mass is 267 g/mol. The molecule has 1 atom stereocenters. The smallest absolute Gasteiger partial charge is 0.231 e. The van der Waals surface area contributed by atoms with E-state index in [9.17, 15) is 0 Å². The highest BCUT2D eigenvalue weighted by Crippen LogP contribution is 2.40. The number of anilines is 1. The molecule has 0 amide bonds. The molecule has 2 aliphatic rings. The molecule has 18 heavy (non-hydrogen) atoms. The van der Waals surface area contributed by atoms with Crippen molar-refractivity contribution in [1.82, 2.24) is 0 Å². The molecule has 98 valence electrons. The van der Waals surface area contributed by atoms with Crippen molar-refractivity contribution in [3.63, 3.8) is 0 Å². The Labute approximate surface area is 112 Å². The summed E-state index contributed by atoms with van der Waals surface area (Å²) in [5, 5.41) is 4.17. The molecule has 1 aromatic carbocycles. The third kappa shape index (κ3) is 2.37. The predicted octanol–water partition coefficient (Wildman–Crippen LogP) is 4.06. The van der Waals surface area contributed by atoms with E-state index in [1.807, 2.05) is 12.1 Å². The topological polar surface area (TPSA) is 30.5 Å². The minimum absolute atomic E-state index is 0.284. The van der Waals surface area contributed by atoms with Gasteiger partial charge in [0.1, 0.15) is 0 Å². The summed E-state index contributed by atoms with van der Waals surface area (Å²) >= 11 is 6.24. The Bertz CT molecular complexity index is 446. The van der Waals surface area contributed by atoms with Crippen LogP contribution in [0.4, 0.5) is 5.69 Å². The quantitative estimate of drug-likeness (QED) is 0.892. The maximum Gasteiger partial charge on any atom is 0.231 e. The average molecular weight is 268 g/mol. The number of nitrogens with one attached hydrogen (secondary N) is 1. The van der Waals surface area contributed by atoms with Crippen molar-refractivity contribution < 1.29 is 9.47 Å². The van der Waals surface area contributed by atoms with Crippen LogP contribution < -0.4 is 14.8 Å². The van der Waals surface area contributed by atoms with Gasteiger partial charge in [-0.15, -0.1) is 0 Å². The first kappa shape index (κ1) is 12.0. The van der Waals surface area contributed by atoms with Gasteiger partial charge in [-0.05, 0) is 19.3 Å². The molecule has 0 aromatic heterocycles. The Balaban J connectivity index is 1.67. The maximum absolute atomic E-state index is 6.24. The Hall–Kier alpha value is -1.09. The minimum Gasteiger partial charge on any atom is -0.454 e. The number of halogens is 1. The molecule has 3 nitrogen and oxygen atoms in total. The Kier molecular flexibility index (Phi) is 3.25. The van der Waals surface area contributed by atoms with Crippen LogP contribution in [0, 0.1) is 5.92 Å². The van der Waals surface area contributed by atoms with E-state index in [0.717, 1.165) is 23.1 Å². The molecule has 1 aliphatic carbocycles. The molecule has 1 unspecified atom stereocenters. The first-order valence-corrected chi connectivity index (χ1v) is 6.96. The second-order valence-electron chi connectivity index (χ2n) is 5.26. The molecular formula is C14H18ClNO2. The van der Waals surface area contributed by atoms with Gasteiger partial charge in [0.05, 0.1) is 10.7 Å². The van der Waals surface area contributed by atoms with Crippen molar-refractivity contribution in [2.75, 3.05) is 12.1 Å². The molecule has 1 aromatic rings. The zero-order valence-corrected chi connectivity index (χ0v) is 11.3. The van der Waals surface area contributed by atoms with Crippen molar-refractivity contribution in [3.8, 4) is 11.5 Å². The van der Waals surface area contributed by atoms with E-state index in [1.54, 1.807) is 0 Å². The van der Waals surface area contributed by atoms with Gasteiger partial charge in [0.15, 0.2) is 11.5 Å². The molecule has 0 spiro atoms. The standard InChI is InChI=1S/C14H18ClNO2/c1-9(5-10-3-2-4-10)16-12-7-14-13(6-11(12)15)17-8-18-14/h6-7,9-10,16H,2-5,8H2,1H3. The molecule has 1 aliphatic heterocycles. The summed E-state index contributed by atoms with van der Waals surface area (Å²) in [6.07, 6.45) is 5.36. The summed E-state index contributed by atoms with van der Waals surface area (Å²) in [5.74, 6) is 2.40. The molecule has 1 N–H and O–H groups in total. The lowest BCUT2D eigenvalue weighted by molar-refractivity contribution is 0.174. The van der Waals surface area contributed by atoms with Gasteiger partial charge in [0.2, 0.25) is 6.79 Å². The highest BCUT2D eigenvalue weighted by molar-refractivity contribution is 6.33. The third-order valence-electron chi connectivity index (χ3n) is 3.78. The zero-order valence-electron chi connectivity index (χ0n) is 10.5. The lowest BCUT2D eigenvalue weighted by Crippen LogP contribution is -2.23. The molecule has 4 heteroatoms. The van der Waals surface area contributed by atoms with E-state index < -0.39 is 0 Å². The summed E-state index contributed by atoms with van der Waals surface area (Å²) in [7, 11) is 0. The maximum atomic E-state index is 6.24. The van der Waals surface area contributed by atoms with Gasteiger partial charge >= 0.3 is 0 Å². The first-order valence-electron chi connectivity index (χ1n) is 6.58. The average Bonchev–Trinajstić information content (AvgIpc) is 2.71. The molecule has 0 saturated heterocycles. The van der Waals surface area contributed by atoms with E-state index in [2.05, 4.69) is 12.2 Å². The SMILES string of the molecule is CC(CC1CCC1)Nc1cc2c(cc1Cl)OCO2. The van der Waals surface area contributed by atoms with Gasteiger partial charge in [-0.3, -0.25) is 0 Å². The normalized spacial score (nSPS) is 19.4. The summed E-state index contributed by atoms with van der Waals surface area (Å²) in [6.45, 7) is 2.49. The van der Waals surface area contributed by atoms with Crippen molar-refractivity contribution in [2.24, 2.45) is 5.92 Å². The van der Waals surface area contributed by atoms with Crippen LogP contribution in [0.1, 0.15) is 32.6 Å². The summed E-state index contributed by atoms with van der Waals surface area (Å²) in [5.41, 5.74) is 0.938. The first-order chi connectivity index (χ1) is 8.72. The summed E-state index contributed by atoms with van der Waals surface area (Å²) in [6, 6.07) is 4.19. The Morgan fingerprint density at radius 2 is 2.06 bits per heavy atom. The highest BCUT2D eigenvalue weighted by atomic mass is 35.5. The van der Waals surface area contributed by atoms with Gasteiger partial charge in [-0.25, -0.2) is 0 Å². The lowest BCUT2D eigenvalue weighted by Gasteiger charge is -2.29. The van der Waals surface area contributed by atoms with Crippen LogP contribution in [0.2, 0.25) is 5.02 Å². The number of hydrogen-bond donors (Lipinski definition) is 1. The van der Waals surface area contributed by atoms with Gasteiger partial charge < -0.3 is 14.8 Å². The van der Waals surface area contributed by atoms with Crippen LogP contribution >= 0.6 is 11.6 Å². The van der Waals surface area contributed by atoms with Gasteiger partial charge in [0.25, 0.3) is 0 Å². The van der Waals surface area contributed by atoms with Crippen LogP contribution in [0.15, 0.2) is 12.1 Å². The fraction of sp³-hybridized carbons (Fsp3) is 0.571. The molecule has 1 heterocycles. The second-order valence-corrected chi connectivity index (χ2v) is 5.67.